The minimum absolute atomic E-state index is 0.0679. The van der Waals surface area contributed by atoms with Gasteiger partial charge in [0, 0.05) is 34.1 Å². The van der Waals surface area contributed by atoms with Crippen molar-refractivity contribution < 1.29 is 9.59 Å². The van der Waals surface area contributed by atoms with E-state index in [-0.39, 0.29) is 34.2 Å². The molecule has 0 aromatic heterocycles. The summed E-state index contributed by atoms with van der Waals surface area (Å²) in [6, 6.07) is 29.0. The largest absolute Gasteiger partial charge is 0.289 e. The average Bonchev–Trinajstić information content (AvgIpc) is 2.89. The van der Waals surface area contributed by atoms with E-state index in [0.717, 1.165) is 55.6 Å². The van der Waals surface area contributed by atoms with Crippen molar-refractivity contribution in [3.8, 4) is 0 Å². The summed E-state index contributed by atoms with van der Waals surface area (Å²) in [5, 5.41) is 0. The summed E-state index contributed by atoms with van der Waals surface area (Å²) in [5.74, 6) is 0.00524. The lowest BCUT2D eigenvalue weighted by atomic mass is 9.63. The third-order valence-electron chi connectivity index (χ3n) is 8.41. The molecule has 4 aromatic carbocycles. The Balaban J connectivity index is 1.66. The summed E-state index contributed by atoms with van der Waals surface area (Å²) >= 11 is 0. The Bertz CT molecular complexity index is 1500. The van der Waals surface area contributed by atoms with Crippen LogP contribution in [-0.4, -0.2) is 11.6 Å². The Morgan fingerprint density at radius 2 is 0.789 bits per heavy atom. The van der Waals surface area contributed by atoms with Crippen LogP contribution in [0.15, 0.2) is 84.9 Å². The molecule has 2 unspecified atom stereocenters. The van der Waals surface area contributed by atoms with Gasteiger partial charge < -0.3 is 0 Å². The van der Waals surface area contributed by atoms with E-state index in [1.165, 1.54) is 0 Å². The molecule has 0 saturated heterocycles. The van der Waals surface area contributed by atoms with Crippen LogP contribution in [0.5, 0.6) is 0 Å². The van der Waals surface area contributed by atoms with Gasteiger partial charge in [-0.3, -0.25) is 9.59 Å². The van der Waals surface area contributed by atoms with Gasteiger partial charge >= 0.3 is 0 Å². The SMILES string of the molecule is CC(C)(C)c1ccc2c(c1)C(=O)c1ccccc1C2C1c2ccccc2C(=O)c2cc(C(C)(C)C)ccc21. The highest BCUT2D eigenvalue weighted by molar-refractivity contribution is 6.14. The van der Waals surface area contributed by atoms with Crippen LogP contribution in [0.2, 0.25) is 0 Å². The second-order valence-corrected chi connectivity index (χ2v) is 12.9. The molecule has 6 rings (SSSR count). The zero-order chi connectivity index (χ0) is 27.0. The molecule has 2 aliphatic rings. The number of benzene rings is 4. The van der Waals surface area contributed by atoms with Crippen molar-refractivity contribution in [1.29, 1.82) is 0 Å². The van der Waals surface area contributed by atoms with Crippen molar-refractivity contribution in [3.63, 3.8) is 0 Å². The molecule has 0 N–H and O–H groups in total. The van der Waals surface area contributed by atoms with E-state index in [4.69, 9.17) is 0 Å². The fraction of sp³-hybridized carbons (Fsp3) is 0.278. The fourth-order valence-electron chi connectivity index (χ4n) is 6.27. The second kappa shape index (κ2) is 8.36. The maximum absolute atomic E-state index is 13.9. The molecular weight excluding hydrogens is 464 g/mol. The molecule has 0 aliphatic heterocycles. The molecular formula is C36H34O2. The van der Waals surface area contributed by atoms with Gasteiger partial charge in [0.25, 0.3) is 0 Å². The van der Waals surface area contributed by atoms with Crippen LogP contribution < -0.4 is 0 Å². The molecule has 0 saturated carbocycles. The van der Waals surface area contributed by atoms with Crippen LogP contribution in [0.3, 0.4) is 0 Å². The smallest absolute Gasteiger partial charge is 0.193 e. The van der Waals surface area contributed by atoms with E-state index in [1.807, 2.05) is 36.4 Å². The van der Waals surface area contributed by atoms with Crippen molar-refractivity contribution in [2.75, 3.05) is 0 Å². The maximum Gasteiger partial charge on any atom is 0.193 e. The van der Waals surface area contributed by atoms with Gasteiger partial charge in [0.05, 0.1) is 0 Å². The highest BCUT2D eigenvalue weighted by Gasteiger charge is 2.42. The molecule has 2 aliphatic carbocycles. The predicted octanol–water partition coefficient (Wildman–Crippen LogP) is 8.33. The second-order valence-electron chi connectivity index (χ2n) is 12.9. The molecule has 2 atom stereocenters. The van der Waals surface area contributed by atoms with Crippen LogP contribution in [0.4, 0.5) is 0 Å². The third kappa shape index (κ3) is 3.69. The van der Waals surface area contributed by atoms with Gasteiger partial charge in [-0.15, -0.1) is 0 Å². The Morgan fingerprint density at radius 3 is 1.16 bits per heavy atom. The van der Waals surface area contributed by atoms with E-state index in [9.17, 15) is 9.59 Å². The molecule has 0 heterocycles. The fourth-order valence-corrected chi connectivity index (χ4v) is 6.27. The van der Waals surface area contributed by atoms with Gasteiger partial charge in [0.15, 0.2) is 11.6 Å². The Hall–Kier alpha value is -3.78. The van der Waals surface area contributed by atoms with Crippen LogP contribution >= 0.6 is 0 Å². The summed E-state index contributed by atoms with van der Waals surface area (Å²) in [6.45, 7) is 13.1. The molecule has 2 heteroatoms. The molecule has 0 bridgehead atoms. The molecule has 0 radical (unpaired) electrons. The van der Waals surface area contributed by atoms with Gasteiger partial charge in [0.1, 0.15) is 0 Å². The lowest BCUT2D eigenvalue weighted by molar-refractivity contribution is 0.102. The van der Waals surface area contributed by atoms with Gasteiger partial charge in [-0.1, -0.05) is 114 Å². The number of rotatable bonds is 1. The third-order valence-corrected chi connectivity index (χ3v) is 8.41. The van der Waals surface area contributed by atoms with Crippen molar-refractivity contribution >= 4 is 11.6 Å². The Labute approximate surface area is 225 Å². The Morgan fingerprint density at radius 1 is 0.447 bits per heavy atom. The van der Waals surface area contributed by atoms with E-state index >= 15 is 0 Å². The van der Waals surface area contributed by atoms with E-state index < -0.39 is 0 Å². The summed E-state index contributed by atoms with van der Waals surface area (Å²) in [5.41, 5.74) is 9.41. The van der Waals surface area contributed by atoms with Crippen molar-refractivity contribution in [2.24, 2.45) is 0 Å². The van der Waals surface area contributed by atoms with Crippen LogP contribution in [0, 0.1) is 0 Å². The first-order valence-corrected chi connectivity index (χ1v) is 13.5. The van der Waals surface area contributed by atoms with Crippen LogP contribution in [-0.2, 0) is 10.8 Å². The van der Waals surface area contributed by atoms with E-state index in [0.29, 0.717) is 0 Å². The van der Waals surface area contributed by atoms with Crippen LogP contribution in [0.25, 0.3) is 0 Å². The molecule has 0 fully saturated rings. The first kappa shape index (κ1) is 24.6. The van der Waals surface area contributed by atoms with E-state index in [1.54, 1.807) is 0 Å². The molecule has 190 valence electrons. The monoisotopic (exact) mass is 498 g/mol. The lowest BCUT2D eigenvalue weighted by Gasteiger charge is -2.38. The van der Waals surface area contributed by atoms with Gasteiger partial charge in [-0.25, -0.2) is 0 Å². The zero-order valence-corrected chi connectivity index (χ0v) is 23.1. The highest BCUT2D eigenvalue weighted by Crippen LogP contribution is 2.52. The number of ketones is 2. The first-order valence-electron chi connectivity index (χ1n) is 13.5. The standard InChI is InChI=1S/C36H34O2/c1-35(2,3)21-15-17-25-29(19-21)33(37)27-13-9-7-11-23(27)31(25)32-24-12-8-10-14-28(24)34(38)30-20-22(36(4,5)6)16-18-26(30)32/h7-20,31-32H,1-6H3. The highest BCUT2D eigenvalue weighted by atomic mass is 16.1. The van der Waals surface area contributed by atoms with Gasteiger partial charge in [0.2, 0.25) is 0 Å². The van der Waals surface area contributed by atoms with Crippen molar-refractivity contribution in [3.05, 3.63) is 141 Å². The predicted molar refractivity (Wildman–Crippen MR) is 154 cm³/mol. The molecule has 4 aromatic rings. The van der Waals surface area contributed by atoms with Crippen LogP contribution in [0.1, 0.15) is 119 Å². The summed E-state index contributed by atoms with van der Waals surface area (Å²) < 4.78 is 0. The minimum Gasteiger partial charge on any atom is -0.289 e. The molecule has 0 amide bonds. The lowest BCUT2D eigenvalue weighted by Crippen LogP contribution is -2.30. The minimum atomic E-state index is -0.0820. The van der Waals surface area contributed by atoms with Crippen molar-refractivity contribution in [2.45, 2.75) is 64.2 Å². The van der Waals surface area contributed by atoms with Gasteiger partial charge in [-0.2, -0.15) is 0 Å². The number of carbonyl (C=O) groups is 2. The number of hydrogen-bond donors (Lipinski definition) is 0. The summed E-state index contributed by atoms with van der Waals surface area (Å²) in [4.78, 5) is 27.7. The normalized spacial score (nSPS) is 18.4. The quantitative estimate of drug-likeness (QED) is 0.264. The maximum atomic E-state index is 13.9. The molecule has 38 heavy (non-hydrogen) atoms. The van der Waals surface area contributed by atoms with Crippen molar-refractivity contribution in [1.82, 2.24) is 0 Å². The number of carbonyl (C=O) groups excluding carboxylic acids is 2. The summed E-state index contributed by atoms with van der Waals surface area (Å²) in [7, 11) is 0. The average molecular weight is 499 g/mol. The number of hydrogen-bond acceptors (Lipinski definition) is 2. The van der Waals surface area contributed by atoms with E-state index in [2.05, 4.69) is 90.1 Å². The van der Waals surface area contributed by atoms with Gasteiger partial charge in [-0.05, 0) is 56.3 Å². The first-order chi connectivity index (χ1) is 18.0. The summed E-state index contributed by atoms with van der Waals surface area (Å²) in [6.07, 6.45) is 0. The molecule has 2 nitrogen and oxygen atoms in total. The number of fused-ring (bicyclic) bond motifs is 4. The topological polar surface area (TPSA) is 34.1 Å². The Kier molecular flexibility index (Phi) is 5.40. The zero-order valence-electron chi connectivity index (χ0n) is 23.1. The molecule has 0 spiro atoms.